The van der Waals surface area contributed by atoms with Crippen LogP contribution in [0.3, 0.4) is 0 Å². The summed E-state index contributed by atoms with van der Waals surface area (Å²) in [5, 5.41) is 0. The molecule has 0 saturated heterocycles. The van der Waals surface area contributed by atoms with Crippen molar-refractivity contribution >= 4 is 0 Å². The van der Waals surface area contributed by atoms with Gasteiger partial charge in [0.05, 0.1) is 0 Å². The van der Waals surface area contributed by atoms with Crippen molar-refractivity contribution in [1.29, 1.82) is 0 Å². The number of aryl methyl sites for hydroxylation is 1. The zero-order chi connectivity index (χ0) is 10.7. The molecular weight excluding hydrogens is 182 g/mol. The van der Waals surface area contributed by atoms with Gasteiger partial charge in [-0.15, -0.1) is 0 Å². The Morgan fingerprint density at radius 1 is 1.07 bits per heavy atom. The van der Waals surface area contributed by atoms with E-state index in [0.717, 1.165) is 12.8 Å². The Balaban J connectivity index is 2.23. The molecule has 1 aliphatic heterocycles. The first-order valence-electron chi connectivity index (χ1n) is 6.11. The van der Waals surface area contributed by atoms with E-state index in [0.29, 0.717) is 5.41 Å². The highest BCUT2D eigenvalue weighted by molar-refractivity contribution is 5.13. The Labute approximate surface area is 92.9 Å². The molecule has 1 heteroatoms. The Morgan fingerprint density at radius 3 is 2.73 bits per heavy atom. The van der Waals surface area contributed by atoms with E-state index in [1.54, 1.807) is 0 Å². The number of hydrogen-bond acceptors (Lipinski definition) is 1. The fraction of sp³-hybridized carbons (Fsp3) is 0.643. The van der Waals surface area contributed by atoms with Crippen LogP contribution in [-0.2, 0) is 12.8 Å². The monoisotopic (exact) mass is 203 g/mol. The van der Waals surface area contributed by atoms with E-state index in [1.807, 2.05) is 0 Å². The molecule has 1 aromatic rings. The molecule has 15 heavy (non-hydrogen) atoms. The lowest BCUT2D eigenvalue weighted by atomic mass is 9.82. The summed E-state index contributed by atoms with van der Waals surface area (Å²) in [4.78, 5) is 4.73. The van der Waals surface area contributed by atoms with Gasteiger partial charge in [0, 0.05) is 11.4 Å². The van der Waals surface area contributed by atoms with Crippen molar-refractivity contribution in [3.8, 4) is 0 Å². The number of pyridine rings is 1. The third kappa shape index (κ3) is 3.05. The highest BCUT2D eigenvalue weighted by Gasteiger charge is 2.19. The molecule has 0 aromatic carbocycles. The Morgan fingerprint density at radius 2 is 1.87 bits per heavy atom. The van der Waals surface area contributed by atoms with E-state index in [4.69, 9.17) is 4.98 Å². The van der Waals surface area contributed by atoms with Crippen LogP contribution in [-0.4, -0.2) is 4.98 Å². The van der Waals surface area contributed by atoms with Crippen LogP contribution in [0.25, 0.3) is 0 Å². The third-order valence-electron chi connectivity index (χ3n) is 3.31. The normalized spacial score (nSPS) is 20.9. The molecule has 0 radical (unpaired) electrons. The van der Waals surface area contributed by atoms with E-state index in [1.165, 1.54) is 37.1 Å². The van der Waals surface area contributed by atoms with Crippen LogP contribution >= 0.6 is 0 Å². The van der Waals surface area contributed by atoms with E-state index >= 15 is 0 Å². The highest BCUT2D eigenvalue weighted by Crippen LogP contribution is 2.28. The van der Waals surface area contributed by atoms with Crippen molar-refractivity contribution in [2.45, 2.75) is 52.4 Å². The van der Waals surface area contributed by atoms with Crippen LogP contribution in [0.2, 0.25) is 0 Å². The van der Waals surface area contributed by atoms with E-state index in [9.17, 15) is 0 Å². The topological polar surface area (TPSA) is 12.9 Å². The number of nitrogens with zero attached hydrogens (tertiary/aromatic N) is 1. The molecule has 0 spiro atoms. The van der Waals surface area contributed by atoms with Crippen molar-refractivity contribution in [3.63, 3.8) is 0 Å². The maximum atomic E-state index is 4.73. The molecule has 1 aliphatic rings. The van der Waals surface area contributed by atoms with Gasteiger partial charge in [-0.3, -0.25) is 4.98 Å². The SMILES string of the molecule is CC1(C)CCCCCc2cccc(n2)C1. The summed E-state index contributed by atoms with van der Waals surface area (Å²) in [5.41, 5.74) is 2.98. The zero-order valence-corrected chi connectivity index (χ0v) is 9.92. The summed E-state index contributed by atoms with van der Waals surface area (Å²) in [7, 11) is 0. The second kappa shape index (κ2) is 4.34. The number of hydrogen-bond donors (Lipinski definition) is 0. The lowest BCUT2D eigenvalue weighted by molar-refractivity contribution is 0.312. The molecule has 2 bridgehead atoms. The van der Waals surface area contributed by atoms with Gasteiger partial charge in [-0.25, -0.2) is 0 Å². The number of fused-ring (bicyclic) bond motifs is 2. The van der Waals surface area contributed by atoms with Crippen molar-refractivity contribution in [2.75, 3.05) is 0 Å². The van der Waals surface area contributed by atoms with Gasteiger partial charge in [0.15, 0.2) is 0 Å². The van der Waals surface area contributed by atoms with Crippen LogP contribution in [0.4, 0.5) is 0 Å². The number of rotatable bonds is 0. The van der Waals surface area contributed by atoms with Crippen LogP contribution in [0.1, 0.15) is 50.9 Å². The van der Waals surface area contributed by atoms with E-state index in [2.05, 4.69) is 32.0 Å². The molecule has 0 saturated carbocycles. The molecule has 0 fully saturated rings. The minimum absolute atomic E-state index is 0.420. The lowest BCUT2D eigenvalue weighted by Gasteiger charge is -2.25. The van der Waals surface area contributed by atoms with Crippen molar-refractivity contribution in [3.05, 3.63) is 29.6 Å². The molecule has 0 aliphatic carbocycles. The Kier molecular flexibility index (Phi) is 3.08. The van der Waals surface area contributed by atoms with Gasteiger partial charge in [-0.05, 0) is 43.2 Å². The first kappa shape index (κ1) is 10.7. The minimum atomic E-state index is 0.420. The zero-order valence-electron chi connectivity index (χ0n) is 9.92. The summed E-state index contributed by atoms with van der Waals surface area (Å²) in [5.74, 6) is 0. The molecule has 0 unspecified atom stereocenters. The quantitative estimate of drug-likeness (QED) is 0.625. The average Bonchev–Trinajstić information content (AvgIpc) is 2.16. The maximum Gasteiger partial charge on any atom is 0.0412 e. The van der Waals surface area contributed by atoms with Crippen LogP contribution < -0.4 is 0 Å². The summed E-state index contributed by atoms with van der Waals surface area (Å²) >= 11 is 0. The fourth-order valence-corrected chi connectivity index (χ4v) is 2.43. The Bertz CT molecular complexity index is 328. The second-order valence-electron chi connectivity index (χ2n) is 5.52. The molecule has 0 N–H and O–H groups in total. The summed E-state index contributed by atoms with van der Waals surface area (Å²) < 4.78 is 0. The largest absolute Gasteiger partial charge is 0.258 e. The predicted molar refractivity (Wildman–Crippen MR) is 63.9 cm³/mol. The maximum absolute atomic E-state index is 4.73. The van der Waals surface area contributed by atoms with Crippen molar-refractivity contribution < 1.29 is 0 Å². The molecule has 1 aromatic heterocycles. The molecule has 2 rings (SSSR count). The highest BCUT2D eigenvalue weighted by atomic mass is 14.7. The van der Waals surface area contributed by atoms with Gasteiger partial charge in [0.2, 0.25) is 0 Å². The van der Waals surface area contributed by atoms with Gasteiger partial charge in [0.1, 0.15) is 0 Å². The summed E-state index contributed by atoms with van der Waals surface area (Å²) in [6.45, 7) is 4.73. The van der Waals surface area contributed by atoms with Gasteiger partial charge < -0.3 is 0 Å². The van der Waals surface area contributed by atoms with Crippen molar-refractivity contribution in [2.24, 2.45) is 5.41 Å². The fourth-order valence-electron chi connectivity index (χ4n) is 2.43. The smallest absolute Gasteiger partial charge is 0.0412 e. The lowest BCUT2D eigenvalue weighted by Crippen LogP contribution is -2.17. The van der Waals surface area contributed by atoms with Crippen molar-refractivity contribution in [1.82, 2.24) is 4.98 Å². The van der Waals surface area contributed by atoms with Gasteiger partial charge in [-0.2, -0.15) is 0 Å². The molecule has 0 atom stereocenters. The predicted octanol–water partition coefficient (Wildman–Crippen LogP) is 3.77. The Hall–Kier alpha value is -0.850. The number of aromatic nitrogens is 1. The molecular formula is C14H21N. The first-order valence-corrected chi connectivity index (χ1v) is 6.11. The minimum Gasteiger partial charge on any atom is -0.258 e. The van der Waals surface area contributed by atoms with Crippen LogP contribution in [0.5, 0.6) is 0 Å². The van der Waals surface area contributed by atoms with E-state index in [-0.39, 0.29) is 0 Å². The van der Waals surface area contributed by atoms with Gasteiger partial charge in [0.25, 0.3) is 0 Å². The van der Waals surface area contributed by atoms with E-state index < -0.39 is 0 Å². The molecule has 0 amide bonds. The summed E-state index contributed by atoms with van der Waals surface area (Å²) in [6, 6.07) is 6.50. The molecule has 2 heterocycles. The molecule has 1 nitrogen and oxygen atoms in total. The average molecular weight is 203 g/mol. The second-order valence-corrected chi connectivity index (χ2v) is 5.52. The van der Waals surface area contributed by atoms with Gasteiger partial charge in [-0.1, -0.05) is 32.8 Å². The summed E-state index contributed by atoms with van der Waals surface area (Å²) in [6.07, 6.45) is 7.65. The first-order chi connectivity index (χ1) is 7.16. The standard InChI is InChI=1S/C14H21N/c1-14(2)10-5-3-4-7-12-8-6-9-13(11-14)15-12/h6,8-9H,3-5,7,10-11H2,1-2H3. The van der Waals surface area contributed by atoms with Gasteiger partial charge >= 0.3 is 0 Å². The molecule has 82 valence electrons. The van der Waals surface area contributed by atoms with Crippen LogP contribution in [0.15, 0.2) is 18.2 Å². The van der Waals surface area contributed by atoms with Crippen LogP contribution in [0, 0.1) is 5.41 Å². The third-order valence-corrected chi connectivity index (χ3v) is 3.31.